The highest BCUT2D eigenvalue weighted by atomic mass is 32.2. The number of carboxylic acid groups (broad SMARTS) is 1. The molecule has 18 heavy (non-hydrogen) atoms. The minimum atomic E-state index is -0.941. The lowest BCUT2D eigenvalue weighted by Gasteiger charge is -2.23. The van der Waals surface area contributed by atoms with Crippen LogP contribution in [0.4, 0.5) is 0 Å². The zero-order valence-electron chi connectivity index (χ0n) is 9.67. The van der Waals surface area contributed by atoms with Crippen LogP contribution < -0.4 is 5.32 Å². The van der Waals surface area contributed by atoms with Gasteiger partial charge in [-0.1, -0.05) is 11.8 Å². The largest absolute Gasteiger partial charge is 0.481 e. The normalized spacial score (nSPS) is 37.7. The second-order valence-electron chi connectivity index (χ2n) is 4.70. The van der Waals surface area contributed by atoms with Crippen molar-refractivity contribution in [3.63, 3.8) is 0 Å². The summed E-state index contributed by atoms with van der Waals surface area (Å²) in [7, 11) is 0. The van der Waals surface area contributed by atoms with E-state index in [4.69, 9.17) is 4.74 Å². The van der Waals surface area contributed by atoms with Crippen molar-refractivity contribution >= 4 is 28.8 Å². The van der Waals surface area contributed by atoms with E-state index in [0.717, 1.165) is 18.6 Å². The number of amides is 1. The van der Waals surface area contributed by atoms with Crippen molar-refractivity contribution in [1.29, 1.82) is 0 Å². The summed E-state index contributed by atoms with van der Waals surface area (Å²) < 4.78 is 5.56. The minimum absolute atomic E-state index is 0.247. The highest BCUT2D eigenvalue weighted by molar-refractivity contribution is 8.14. The number of hydrogen-bond acceptors (Lipinski definition) is 5. The number of nitrogens with zero attached hydrogens (tertiary/aromatic N) is 1. The molecule has 2 fully saturated rings. The van der Waals surface area contributed by atoms with Crippen LogP contribution in [0.3, 0.4) is 0 Å². The number of aliphatic imine (C=N–C) groups is 1. The fourth-order valence-corrected chi connectivity index (χ4v) is 3.66. The first-order chi connectivity index (χ1) is 8.66. The molecule has 1 amide bonds. The Labute approximate surface area is 108 Å². The molecule has 6 nitrogen and oxygen atoms in total. The van der Waals surface area contributed by atoms with Crippen molar-refractivity contribution in [2.75, 3.05) is 12.3 Å². The number of ether oxygens (including phenoxy) is 1. The van der Waals surface area contributed by atoms with Gasteiger partial charge in [-0.3, -0.25) is 14.6 Å². The topological polar surface area (TPSA) is 88.0 Å². The second-order valence-corrected chi connectivity index (χ2v) is 5.79. The summed E-state index contributed by atoms with van der Waals surface area (Å²) in [6, 6.07) is 0. The summed E-state index contributed by atoms with van der Waals surface area (Å²) in [6.45, 7) is 0.704. The minimum Gasteiger partial charge on any atom is -0.481 e. The summed E-state index contributed by atoms with van der Waals surface area (Å²) in [5, 5.41) is 12.5. The quantitative estimate of drug-likeness (QED) is 0.742. The van der Waals surface area contributed by atoms with Crippen LogP contribution in [0, 0.1) is 11.8 Å². The van der Waals surface area contributed by atoms with Gasteiger partial charge in [0.25, 0.3) is 0 Å². The third-order valence-corrected chi connectivity index (χ3v) is 4.57. The van der Waals surface area contributed by atoms with E-state index >= 15 is 0 Å². The molecule has 0 radical (unpaired) electrons. The average Bonchev–Trinajstić information content (AvgIpc) is 3.03. The number of rotatable bonds is 2. The number of carbonyl (C=O) groups is 2. The molecule has 7 heteroatoms. The molecule has 0 aromatic carbocycles. The molecule has 2 N–H and O–H groups in total. The first-order valence-electron chi connectivity index (χ1n) is 6.03. The fraction of sp³-hybridized carbons (Fsp3) is 0.727. The van der Waals surface area contributed by atoms with Crippen LogP contribution >= 0.6 is 11.8 Å². The number of amidine groups is 1. The van der Waals surface area contributed by atoms with E-state index < -0.39 is 17.8 Å². The molecule has 3 aliphatic rings. The molecule has 0 aromatic rings. The van der Waals surface area contributed by atoms with Gasteiger partial charge in [0.05, 0.1) is 30.6 Å². The molecule has 2 bridgehead atoms. The van der Waals surface area contributed by atoms with E-state index in [1.165, 1.54) is 11.8 Å². The van der Waals surface area contributed by atoms with E-state index in [9.17, 15) is 14.7 Å². The Morgan fingerprint density at radius 3 is 2.67 bits per heavy atom. The fourth-order valence-electron chi connectivity index (χ4n) is 2.92. The molecule has 4 atom stereocenters. The molecule has 3 rings (SSSR count). The predicted molar refractivity (Wildman–Crippen MR) is 65.4 cm³/mol. The van der Waals surface area contributed by atoms with E-state index in [1.807, 2.05) is 0 Å². The van der Waals surface area contributed by atoms with Crippen LogP contribution in [0.2, 0.25) is 0 Å². The van der Waals surface area contributed by atoms with Crippen molar-refractivity contribution in [2.45, 2.75) is 25.0 Å². The van der Waals surface area contributed by atoms with Crippen LogP contribution in [0.1, 0.15) is 12.8 Å². The Morgan fingerprint density at radius 2 is 2.06 bits per heavy atom. The molecule has 0 aliphatic carbocycles. The Morgan fingerprint density at radius 1 is 1.33 bits per heavy atom. The van der Waals surface area contributed by atoms with Gasteiger partial charge in [0.1, 0.15) is 0 Å². The van der Waals surface area contributed by atoms with E-state index in [1.54, 1.807) is 0 Å². The molecule has 0 aromatic heterocycles. The summed E-state index contributed by atoms with van der Waals surface area (Å²) in [5.74, 6) is -1.63. The summed E-state index contributed by atoms with van der Waals surface area (Å²) in [4.78, 5) is 27.5. The first kappa shape index (κ1) is 12.0. The molecule has 98 valence electrons. The number of carbonyl (C=O) groups excluding carboxylic acids is 1. The lowest BCUT2D eigenvalue weighted by atomic mass is 9.79. The predicted octanol–water partition coefficient (Wildman–Crippen LogP) is 0.0836. The molecule has 3 heterocycles. The Kier molecular flexibility index (Phi) is 3.03. The maximum absolute atomic E-state index is 12.2. The van der Waals surface area contributed by atoms with E-state index in [2.05, 4.69) is 10.3 Å². The SMILES string of the molecule is O=C(O)[C@H]1[C@H](C(=O)NC2=NCCS2)[C@H]2CC[C@H]1O2. The van der Waals surface area contributed by atoms with Gasteiger partial charge in [-0.15, -0.1) is 0 Å². The van der Waals surface area contributed by atoms with Crippen molar-refractivity contribution < 1.29 is 19.4 Å². The van der Waals surface area contributed by atoms with Crippen molar-refractivity contribution in [1.82, 2.24) is 5.32 Å². The van der Waals surface area contributed by atoms with Crippen molar-refractivity contribution in [3.05, 3.63) is 0 Å². The highest BCUT2D eigenvalue weighted by Crippen LogP contribution is 2.43. The Hall–Kier alpha value is -1.08. The van der Waals surface area contributed by atoms with Crippen molar-refractivity contribution in [2.24, 2.45) is 16.8 Å². The monoisotopic (exact) mass is 270 g/mol. The number of nitrogens with one attached hydrogen (secondary N) is 1. The lowest BCUT2D eigenvalue weighted by molar-refractivity contribution is -0.147. The van der Waals surface area contributed by atoms with Gasteiger partial charge in [-0.25, -0.2) is 0 Å². The van der Waals surface area contributed by atoms with Gasteiger partial charge in [0, 0.05) is 5.75 Å². The molecule has 0 saturated carbocycles. The number of fused-ring (bicyclic) bond motifs is 2. The molecule has 0 spiro atoms. The summed E-state index contributed by atoms with van der Waals surface area (Å²) in [6.07, 6.45) is 0.956. The van der Waals surface area contributed by atoms with Gasteiger partial charge in [0.15, 0.2) is 5.17 Å². The summed E-state index contributed by atoms with van der Waals surface area (Å²) >= 11 is 1.49. The van der Waals surface area contributed by atoms with Crippen LogP contribution in [-0.2, 0) is 14.3 Å². The van der Waals surface area contributed by atoms with Crippen LogP contribution in [0.15, 0.2) is 4.99 Å². The van der Waals surface area contributed by atoms with Crippen LogP contribution in [-0.4, -0.2) is 46.7 Å². The third-order valence-electron chi connectivity index (χ3n) is 3.68. The van der Waals surface area contributed by atoms with Crippen LogP contribution in [0.5, 0.6) is 0 Å². The molecular weight excluding hydrogens is 256 g/mol. The van der Waals surface area contributed by atoms with Crippen molar-refractivity contribution in [3.8, 4) is 0 Å². The Balaban J connectivity index is 1.73. The van der Waals surface area contributed by atoms with Gasteiger partial charge >= 0.3 is 5.97 Å². The lowest BCUT2D eigenvalue weighted by Crippen LogP contribution is -2.44. The zero-order chi connectivity index (χ0) is 12.7. The molecule has 2 saturated heterocycles. The molecule has 3 aliphatic heterocycles. The molecular formula is C11H14N2O4S. The average molecular weight is 270 g/mol. The number of thioether (sulfide) groups is 1. The smallest absolute Gasteiger partial charge is 0.310 e. The Bertz CT molecular complexity index is 425. The van der Waals surface area contributed by atoms with Gasteiger partial charge in [0.2, 0.25) is 5.91 Å². The standard InChI is InChI=1S/C11H14N2O4S/c14-9(13-11-12-3-4-18-11)7-5-1-2-6(17-5)8(7)10(15)16/h5-8H,1-4H2,(H,15,16)(H,12,13,14)/t5-,6-,7-,8-/m1/s1. The van der Waals surface area contributed by atoms with Gasteiger partial charge < -0.3 is 15.2 Å². The van der Waals surface area contributed by atoms with E-state index in [0.29, 0.717) is 11.7 Å². The van der Waals surface area contributed by atoms with E-state index in [-0.39, 0.29) is 18.1 Å². The third kappa shape index (κ3) is 1.91. The number of aliphatic carboxylic acids is 1. The maximum atomic E-state index is 12.2. The maximum Gasteiger partial charge on any atom is 0.310 e. The van der Waals surface area contributed by atoms with Gasteiger partial charge in [-0.05, 0) is 12.8 Å². The molecule has 0 unspecified atom stereocenters. The first-order valence-corrected chi connectivity index (χ1v) is 7.02. The summed E-state index contributed by atoms with van der Waals surface area (Å²) in [5.41, 5.74) is 0. The van der Waals surface area contributed by atoms with Crippen LogP contribution in [0.25, 0.3) is 0 Å². The number of hydrogen-bond donors (Lipinski definition) is 2. The highest BCUT2D eigenvalue weighted by Gasteiger charge is 2.55. The number of carboxylic acids is 1. The second kappa shape index (κ2) is 4.55. The van der Waals surface area contributed by atoms with Gasteiger partial charge in [-0.2, -0.15) is 0 Å². The zero-order valence-corrected chi connectivity index (χ0v) is 10.5.